The van der Waals surface area contributed by atoms with Crippen molar-refractivity contribution in [2.24, 2.45) is 0 Å². The van der Waals surface area contributed by atoms with E-state index in [1.165, 1.54) is 0 Å². The van der Waals surface area contributed by atoms with Gasteiger partial charge >= 0.3 is 0 Å². The predicted molar refractivity (Wildman–Crippen MR) is 72.0 cm³/mol. The molecule has 17 heavy (non-hydrogen) atoms. The number of benzene rings is 1. The fourth-order valence-corrected chi connectivity index (χ4v) is 1.53. The van der Waals surface area contributed by atoms with Gasteiger partial charge in [0, 0.05) is 32.2 Å². The summed E-state index contributed by atoms with van der Waals surface area (Å²) >= 11 is 0. The lowest BCUT2D eigenvalue weighted by Gasteiger charge is -2.20. The average molecular weight is 234 g/mol. The number of carbonyl (C=O) groups excluding carboxylic acids is 1. The second-order valence-corrected chi connectivity index (χ2v) is 4.49. The first-order valence-electron chi connectivity index (χ1n) is 6.10. The summed E-state index contributed by atoms with van der Waals surface area (Å²) in [6, 6.07) is 8.59. The third kappa shape index (κ3) is 4.10. The van der Waals surface area contributed by atoms with Crippen LogP contribution in [0.25, 0.3) is 0 Å². The molecule has 0 aliphatic heterocycles. The van der Waals surface area contributed by atoms with Gasteiger partial charge in [0.15, 0.2) is 0 Å². The third-order valence-corrected chi connectivity index (χ3v) is 2.98. The van der Waals surface area contributed by atoms with E-state index in [4.69, 9.17) is 0 Å². The molecule has 0 saturated heterocycles. The van der Waals surface area contributed by atoms with Gasteiger partial charge in [0.05, 0.1) is 0 Å². The van der Waals surface area contributed by atoms with Crippen LogP contribution in [0.5, 0.6) is 0 Å². The van der Waals surface area contributed by atoms with E-state index in [1.54, 1.807) is 11.8 Å². The topological polar surface area (TPSA) is 32.3 Å². The van der Waals surface area contributed by atoms with Gasteiger partial charge in [-0.05, 0) is 25.0 Å². The molecule has 0 aliphatic carbocycles. The molecular formula is C14H22N2O. The van der Waals surface area contributed by atoms with Gasteiger partial charge in [-0.2, -0.15) is 0 Å². The van der Waals surface area contributed by atoms with Crippen molar-refractivity contribution in [3.63, 3.8) is 0 Å². The highest BCUT2D eigenvalue weighted by Crippen LogP contribution is 2.18. The zero-order chi connectivity index (χ0) is 12.8. The number of carbonyl (C=O) groups is 1. The van der Waals surface area contributed by atoms with E-state index < -0.39 is 0 Å². The van der Waals surface area contributed by atoms with Crippen molar-refractivity contribution >= 4 is 11.6 Å². The molecule has 1 unspecified atom stereocenters. The predicted octanol–water partition coefficient (Wildman–Crippen LogP) is 2.88. The number of hydrogen-bond acceptors (Lipinski definition) is 2. The van der Waals surface area contributed by atoms with Gasteiger partial charge in [0.1, 0.15) is 0 Å². The number of para-hydroxylation sites is 1. The van der Waals surface area contributed by atoms with Crippen LogP contribution in [0.4, 0.5) is 5.69 Å². The summed E-state index contributed by atoms with van der Waals surface area (Å²) in [6.45, 7) is 6.55. The van der Waals surface area contributed by atoms with Crippen LogP contribution in [-0.4, -0.2) is 23.9 Å². The van der Waals surface area contributed by atoms with Crippen molar-refractivity contribution in [2.75, 3.05) is 12.4 Å². The summed E-state index contributed by atoms with van der Waals surface area (Å²) in [5.41, 5.74) is 2.28. The van der Waals surface area contributed by atoms with E-state index in [0.717, 1.165) is 17.7 Å². The molecule has 0 fully saturated rings. The van der Waals surface area contributed by atoms with Crippen molar-refractivity contribution < 1.29 is 4.79 Å². The molecule has 0 bridgehead atoms. The van der Waals surface area contributed by atoms with Crippen molar-refractivity contribution in [1.29, 1.82) is 0 Å². The lowest BCUT2D eigenvalue weighted by molar-refractivity contribution is -0.128. The quantitative estimate of drug-likeness (QED) is 0.849. The molecular weight excluding hydrogens is 212 g/mol. The van der Waals surface area contributed by atoms with Gasteiger partial charge in [0.25, 0.3) is 0 Å². The Morgan fingerprint density at radius 2 is 2.06 bits per heavy atom. The summed E-state index contributed by atoms with van der Waals surface area (Å²) in [4.78, 5) is 13.0. The molecule has 3 nitrogen and oxygen atoms in total. The minimum Gasteiger partial charge on any atom is -0.382 e. The fraction of sp³-hybridized carbons (Fsp3) is 0.500. The minimum absolute atomic E-state index is 0.0864. The molecule has 1 atom stereocenters. The number of nitrogens with one attached hydrogen (secondary N) is 1. The Morgan fingerprint density at radius 1 is 1.41 bits per heavy atom. The first-order valence-corrected chi connectivity index (χ1v) is 6.10. The van der Waals surface area contributed by atoms with Crippen LogP contribution in [0.2, 0.25) is 0 Å². The molecule has 0 aromatic heterocycles. The normalized spacial score (nSPS) is 12.0. The molecule has 1 rings (SSSR count). The number of anilines is 1. The maximum absolute atomic E-state index is 11.2. The summed E-state index contributed by atoms with van der Waals surface area (Å²) in [5, 5.41) is 3.47. The van der Waals surface area contributed by atoms with Crippen molar-refractivity contribution in [3.05, 3.63) is 29.8 Å². The van der Waals surface area contributed by atoms with Gasteiger partial charge in [-0.1, -0.05) is 25.1 Å². The van der Waals surface area contributed by atoms with Crippen LogP contribution in [0.15, 0.2) is 24.3 Å². The minimum atomic E-state index is 0.0864. The molecule has 1 amide bonds. The summed E-state index contributed by atoms with van der Waals surface area (Å²) < 4.78 is 0. The number of rotatable bonds is 5. The molecule has 0 radical (unpaired) electrons. The van der Waals surface area contributed by atoms with E-state index in [-0.39, 0.29) is 5.91 Å². The number of amides is 1. The standard InChI is InChI=1S/C14H22N2O/c1-5-11(2)15-14-9-7-6-8-13(14)10-16(4)12(3)17/h6-9,11,15H,5,10H2,1-4H3. The molecule has 3 heteroatoms. The Balaban J connectivity index is 2.80. The Kier molecular flexibility index (Phi) is 5.01. The Hall–Kier alpha value is -1.51. The number of nitrogens with zero attached hydrogens (tertiary/aromatic N) is 1. The average Bonchev–Trinajstić information content (AvgIpc) is 2.31. The van der Waals surface area contributed by atoms with Gasteiger partial charge in [-0.25, -0.2) is 0 Å². The summed E-state index contributed by atoms with van der Waals surface area (Å²) in [7, 11) is 1.82. The molecule has 1 N–H and O–H groups in total. The maximum Gasteiger partial charge on any atom is 0.219 e. The smallest absolute Gasteiger partial charge is 0.219 e. The van der Waals surface area contributed by atoms with E-state index in [1.807, 2.05) is 19.2 Å². The van der Waals surface area contributed by atoms with Gasteiger partial charge < -0.3 is 10.2 Å². The lowest BCUT2D eigenvalue weighted by atomic mass is 10.1. The van der Waals surface area contributed by atoms with E-state index in [9.17, 15) is 4.79 Å². The van der Waals surface area contributed by atoms with Gasteiger partial charge in [-0.15, -0.1) is 0 Å². The Bertz CT molecular complexity index is 376. The van der Waals surface area contributed by atoms with Crippen LogP contribution < -0.4 is 5.32 Å². The SMILES string of the molecule is CCC(C)Nc1ccccc1CN(C)C(C)=O. The van der Waals surface area contributed by atoms with Crippen LogP contribution in [0.1, 0.15) is 32.8 Å². The second-order valence-electron chi connectivity index (χ2n) is 4.49. The van der Waals surface area contributed by atoms with E-state index in [0.29, 0.717) is 12.6 Å². The highest BCUT2D eigenvalue weighted by molar-refractivity contribution is 5.73. The molecule has 0 aliphatic rings. The fourth-order valence-electron chi connectivity index (χ4n) is 1.53. The van der Waals surface area contributed by atoms with E-state index >= 15 is 0 Å². The molecule has 94 valence electrons. The second kappa shape index (κ2) is 6.28. The molecule has 0 saturated carbocycles. The molecule has 1 aromatic carbocycles. The summed E-state index contributed by atoms with van der Waals surface area (Å²) in [6.07, 6.45) is 1.08. The summed E-state index contributed by atoms with van der Waals surface area (Å²) in [5.74, 6) is 0.0864. The first-order chi connectivity index (χ1) is 8.04. The maximum atomic E-state index is 11.2. The Morgan fingerprint density at radius 3 is 2.65 bits per heavy atom. The first kappa shape index (κ1) is 13.6. The van der Waals surface area contributed by atoms with Crippen molar-refractivity contribution in [3.8, 4) is 0 Å². The van der Waals surface area contributed by atoms with Crippen molar-refractivity contribution in [2.45, 2.75) is 39.8 Å². The number of hydrogen-bond donors (Lipinski definition) is 1. The largest absolute Gasteiger partial charge is 0.382 e. The Labute approximate surface area is 104 Å². The third-order valence-electron chi connectivity index (χ3n) is 2.98. The van der Waals surface area contributed by atoms with Crippen LogP contribution in [0.3, 0.4) is 0 Å². The van der Waals surface area contributed by atoms with Crippen molar-refractivity contribution in [1.82, 2.24) is 4.90 Å². The monoisotopic (exact) mass is 234 g/mol. The highest BCUT2D eigenvalue weighted by Gasteiger charge is 2.08. The van der Waals surface area contributed by atoms with Crippen LogP contribution in [0, 0.1) is 0 Å². The molecule has 0 heterocycles. The molecule has 1 aromatic rings. The van der Waals surface area contributed by atoms with Crippen LogP contribution >= 0.6 is 0 Å². The van der Waals surface area contributed by atoms with Crippen LogP contribution in [-0.2, 0) is 11.3 Å². The highest BCUT2D eigenvalue weighted by atomic mass is 16.2. The molecule has 0 spiro atoms. The van der Waals surface area contributed by atoms with Gasteiger partial charge in [-0.3, -0.25) is 4.79 Å². The zero-order valence-electron chi connectivity index (χ0n) is 11.2. The lowest BCUT2D eigenvalue weighted by Crippen LogP contribution is -2.24. The zero-order valence-corrected chi connectivity index (χ0v) is 11.2. The van der Waals surface area contributed by atoms with E-state index in [2.05, 4.69) is 31.3 Å². The van der Waals surface area contributed by atoms with Gasteiger partial charge in [0.2, 0.25) is 5.91 Å².